The molecule has 2 N–H and O–H groups in total. The van der Waals surface area contributed by atoms with Crippen molar-refractivity contribution in [2.45, 2.75) is 45.1 Å². The Morgan fingerprint density at radius 2 is 1.70 bits per heavy atom. The lowest BCUT2D eigenvalue weighted by molar-refractivity contribution is 0.368. The summed E-state index contributed by atoms with van der Waals surface area (Å²) >= 11 is 0. The predicted molar refractivity (Wildman–Crippen MR) is 84.9 cm³/mol. The largest absolute Gasteiger partial charge is 0.321 e. The van der Waals surface area contributed by atoms with E-state index in [1.54, 1.807) is 0 Å². The van der Waals surface area contributed by atoms with Gasteiger partial charge < -0.3 is 5.73 Å². The minimum absolute atomic E-state index is 0.203. The van der Waals surface area contributed by atoms with Crippen molar-refractivity contribution in [2.75, 3.05) is 0 Å². The third kappa shape index (κ3) is 2.27. The van der Waals surface area contributed by atoms with E-state index in [0.717, 1.165) is 12.8 Å². The maximum Gasteiger partial charge on any atom is 0.0453 e. The van der Waals surface area contributed by atoms with Gasteiger partial charge in [-0.05, 0) is 67.3 Å². The lowest BCUT2D eigenvalue weighted by atomic mass is 9.73. The molecule has 2 aromatic rings. The van der Waals surface area contributed by atoms with Gasteiger partial charge in [0.25, 0.3) is 0 Å². The monoisotopic (exact) mass is 265 g/mol. The third-order valence-corrected chi connectivity index (χ3v) is 4.76. The highest BCUT2D eigenvalue weighted by molar-refractivity contribution is 5.41. The van der Waals surface area contributed by atoms with Crippen molar-refractivity contribution in [3.63, 3.8) is 0 Å². The highest BCUT2D eigenvalue weighted by Gasteiger charge is 2.33. The molecule has 1 nitrogen and oxygen atoms in total. The second-order valence-corrected chi connectivity index (χ2v) is 6.21. The van der Waals surface area contributed by atoms with E-state index in [0.29, 0.717) is 0 Å². The topological polar surface area (TPSA) is 26.0 Å². The molecule has 0 heterocycles. The van der Waals surface area contributed by atoms with Gasteiger partial charge in [0.1, 0.15) is 0 Å². The zero-order chi connectivity index (χ0) is 14.2. The second kappa shape index (κ2) is 5.06. The molecule has 0 radical (unpaired) electrons. The summed E-state index contributed by atoms with van der Waals surface area (Å²) in [6.07, 6.45) is 4.39. The number of fused-ring (bicyclic) bond motifs is 1. The minimum Gasteiger partial charge on any atom is -0.321 e. The summed E-state index contributed by atoms with van der Waals surface area (Å²) in [5.74, 6) is 0. The average molecular weight is 265 g/mol. The SMILES string of the molecule is Cc1cccc(C)c1CC1(N)CCCc2ccccc21. The van der Waals surface area contributed by atoms with E-state index >= 15 is 0 Å². The van der Waals surface area contributed by atoms with Gasteiger partial charge in [-0.15, -0.1) is 0 Å². The molecule has 1 heteroatoms. The predicted octanol–water partition coefficient (Wildman–Crippen LogP) is 4.04. The standard InChI is InChI=1S/C19H23N/c1-14-7-5-8-15(2)17(14)13-19(20)12-6-10-16-9-3-4-11-18(16)19/h3-5,7-9,11H,6,10,12-13,20H2,1-2H3. The van der Waals surface area contributed by atoms with Crippen LogP contribution in [0.5, 0.6) is 0 Å². The molecule has 1 aliphatic rings. The number of benzene rings is 2. The molecule has 1 atom stereocenters. The fourth-order valence-corrected chi connectivity index (χ4v) is 3.58. The molecule has 0 saturated heterocycles. The van der Waals surface area contributed by atoms with Gasteiger partial charge in [0.15, 0.2) is 0 Å². The van der Waals surface area contributed by atoms with Crippen LogP contribution in [-0.2, 0) is 18.4 Å². The molecule has 0 fully saturated rings. The molecule has 1 unspecified atom stereocenters. The number of hydrogen-bond acceptors (Lipinski definition) is 1. The molecule has 104 valence electrons. The summed E-state index contributed by atoms with van der Waals surface area (Å²) in [6.45, 7) is 4.39. The molecule has 0 saturated carbocycles. The molecule has 3 rings (SSSR count). The highest BCUT2D eigenvalue weighted by Crippen LogP contribution is 2.36. The zero-order valence-corrected chi connectivity index (χ0v) is 12.4. The quantitative estimate of drug-likeness (QED) is 0.871. The molecular formula is C19H23N. The van der Waals surface area contributed by atoms with Crippen LogP contribution in [0.1, 0.15) is 40.7 Å². The van der Waals surface area contributed by atoms with Gasteiger partial charge in [-0.2, -0.15) is 0 Å². The van der Waals surface area contributed by atoms with Crippen LogP contribution in [0.3, 0.4) is 0 Å². The van der Waals surface area contributed by atoms with Gasteiger partial charge in [0.05, 0.1) is 0 Å². The van der Waals surface area contributed by atoms with Gasteiger partial charge in [-0.1, -0.05) is 42.5 Å². The number of rotatable bonds is 2. The smallest absolute Gasteiger partial charge is 0.0453 e. The molecule has 2 aromatic carbocycles. The Labute approximate surface area is 121 Å². The molecule has 20 heavy (non-hydrogen) atoms. The van der Waals surface area contributed by atoms with Crippen molar-refractivity contribution in [1.29, 1.82) is 0 Å². The zero-order valence-electron chi connectivity index (χ0n) is 12.4. The maximum atomic E-state index is 6.84. The fraction of sp³-hybridized carbons (Fsp3) is 0.368. The van der Waals surface area contributed by atoms with Crippen molar-refractivity contribution >= 4 is 0 Å². The third-order valence-electron chi connectivity index (χ3n) is 4.76. The normalized spacial score (nSPS) is 21.6. The van der Waals surface area contributed by atoms with E-state index in [9.17, 15) is 0 Å². The maximum absolute atomic E-state index is 6.84. The van der Waals surface area contributed by atoms with Crippen LogP contribution in [0.2, 0.25) is 0 Å². The van der Waals surface area contributed by atoms with Crippen LogP contribution >= 0.6 is 0 Å². The molecule has 0 spiro atoms. The van der Waals surface area contributed by atoms with E-state index in [1.807, 2.05) is 0 Å². The van der Waals surface area contributed by atoms with Gasteiger partial charge >= 0.3 is 0 Å². The second-order valence-electron chi connectivity index (χ2n) is 6.21. The molecule has 1 aliphatic carbocycles. The van der Waals surface area contributed by atoms with Crippen LogP contribution in [-0.4, -0.2) is 0 Å². The van der Waals surface area contributed by atoms with Gasteiger partial charge in [-0.25, -0.2) is 0 Å². The summed E-state index contributed by atoms with van der Waals surface area (Å²) in [5.41, 5.74) is 13.6. The lowest BCUT2D eigenvalue weighted by Gasteiger charge is -2.37. The van der Waals surface area contributed by atoms with E-state index in [4.69, 9.17) is 5.73 Å². The summed E-state index contributed by atoms with van der Waals surface area (Å²) < 4.78 is 0. The lowest BCUT2D eigenvalue weighted by Crippen LogP contribution is -2.42. The van der Waals surface area contributed by atoms with Gasteiger partial charge in [0, 0.05) is 5.54 Å². The Morgan fingerprint density at radius 1 is 1.00 bits per heavy atom. The first kappa shape index (κ1) is 13.4. The Bertz CT molecular complexity index is 609. The molecule has 0 aromatic heterocycles. The van der Waals surface area contributed by atoms with Crippen LogP contribution in [0, 0.1) is 13.8 Å². The number of nitrogens with two attached hydrogens (primary N) is 1. The molecule has 0 aliphatic heterocycles. The van der Waals surface area contributed by atoms with Crippen molar-refractivity contribution in [3.05, 3.63) is 70.3 Å². The Hall–Kier alpha value is -1.60. The van der Waals surface area contributed by atoms with Gasteiger partial charge in [0.2, 0.25) is 0 Å². The fourth-order valence-electron chi connectivity index (χ4n) is 3.58. The summed E-state index contributed by atoms with van der Waals surface area (Å²) in [6, 6.07) is 15.2. The van der Waals surface area contributed by atoms with E-state index in [-0.39, 0.29) is 5.54 Å². The molecule has 0 amide bonds. The first-order valence-electron chi connectivity index (χ1n) is 7.52. The van der Waals surface area contributed by atoms with Gasteiger partial charge in [-0.3, -0.25) is 0 Å². The first-order valence-corrected chi connectivity index (χ1v) is 7.52. The first-order chi connectivity index (χ1) is 9.60. The Morgan fingerprint density at radius 3 is 2.45 bits per heavy atom. The number of hydrogen-bond donors (Lipinski definition) is 1. The summed E-state index contributed by atoms with van der Waals surface area (Å²) in [5, 5.41) is 0. The number of aryl methyl sites for hydroxylation is 3. The highest BCUT2D eigenvalue weighted by atomic mass is 14.7. The van der Waals surface area contributed by atoms with Crippen LogP contribution in [0.4, 0.5) is 0 Å². The summed E-state index contributed by atoms with van der Waals surface area (Å²) in [4.78, 5) is 0. The Balaban J connectivity index is 2.02. The van der Waals surface area contributed by atoms with Crippen molar-refractivity contribution < 1.29 is 0 Å². The minimum atomic E-state index is -0.203. The van der Waals surface area contributed by atoms with Crippen molar-refractivity contribution in [1.82, 2.24) is 0 Å². The Kier molecular flexibility index (Phi) is 3.39. The average Bonchev–Trinajstić information content (AvgIpc) is 2.44. The van der Waals surface area contributed by atoms with E-state index in [1.165, 1.54) is 40.7 Å². The van der Waals surface area contributed by atoms with Crippen LogP contribution in [0.25, 0.3) is 0 Å². The van der Waals surface area contributed by atoms with E-state index < -0.39 is 0 Å². The van der Waals surface area contributed by atoms with E-state index in [2.05, 4.69) is 56.3 Å². The summed E-state index contributed by atoms with van der Waals surface area (Å²) in [7, 11) is 0. The van der Waals surface area contributed by atoms with Crippen molar-refractivity contribution in [2.24, 2.45) is 5.73 Å². The molecular weight excluding hydrogens is 242 g/mol. The molecule has 0 bridgehead atoms. The van der Waals surface area contributed by atoms with Crippen molar-refractivity contribution in [3.8, 4) is 0 Å². The van der Waals surface area contributed by atoms with Crippen LogP contribution in [0.15, 0.2) is 42.5 Å². The van der Waals surface area contributed by atoms with Crippen LogP contribution < -0.4 is 5.73 Å².